The lowest BCUT2D eigenvalue weighted by atomic mass is 10.2. The van der Waals surface area contributed by atoms with Gasteiger partial charge in [-0.05, 0) is 47.4 Å². The topological polar surface area (TPSA) is 54.7 Å². The Morgan fingerprint density at radius 2 is 2.29 bits per heavy atom. The highest BCUT2D eigenvalue weighted by atomic mass is 79.9. The van der Waals surface area contributed by atoms with Crippen LogP contribution in [-0.2, 0) is 6.42 Å². The average molecular weight is 254 g/mol. The van der Waals surface area contributed by atoms with E-state index < -0.39 is 0 Å². The fourth-order valence-corrected chi connectivity index (χ4v) is 1.80. The molecular formula is C10H12BrN3. The van der Waals surface area contributed by atoms with Crippen LogP contribution in [0.5, 0.6) is 0 Å². The number of pyridine rings is 1. The van der Waals surface area contributed by atoms with Crippen molar-refractivity contribution in [3.8, 4) is 0 Å². The van der Waals surface area contributed by atoms with Gasteiger partial charge in [-0.3, -0.25) is 4.98 Å². The largest absolute Gasteiger partial charge is 0.357 e. The number of halogens is 1. The molecule has 2 aromatic rings. The Balaban J connectivity index is 2.32. The first-order valence-electron chi connectivity index (χ1n) is 4.63. The molecule has 0 aliphatic carbocycles. The molecule has 4 heteroatoms. The van der Waals surface area contributed by atoms with Crippen LogP contribution in [0.25, 0.3) is 11.0 Å². The summed E-state index contributed by atoms with van der Waals surface area (Å²) in [6.07, 6.45) is 3.81. The summed E-state index contributed by atoms with van der Waals surface area (Å²) >= 11 is 3.39. The van der Waals surface area contributed by atoms with Crippen LogP contribution in [-0.4, -0.2) is 16.5 Å². The van der Waals surface area contributed by atoms with E-state index >= 15 is 0 Å². The Morgan fingerprint density at radius 3 is 3.07 bits per heavy atom. The predicted molar refractivity (Wildman–Crippen MR) is 61.2 cm³/mol. The van der Waals surface area contributed by atoms with E-state index in [4.69, 9.17) is 5.73 Å². The number of nitrogens with two attached hydrogens (primary N) is 1. The lowest BCUT2D eigenvalue weighted by Gasteiger charge is -1.92. The molecule has 74 valence electrons. The molecule has 0 aromatic carbocycles. The van der Waals surface area contributed by atoms with Crippen molar-refractivity contribution < 1.29 is 0 Å². The lowest BCUT2D eigenvalue weighted by Crippen LogP contribution is -2.00. The Kier molecular flexibility index (Phi) is 2.84. The van der Waals surface area contributed by atoms with Crippen molar-refractivity contribution in [1.29, 1.82) is 0 Å². The van der Waals surface area contributed by atoms with Gasteiger partial charge in [0.1, 0.15) is 0 Å². The van der Waals surface area contributed by atoms with Crippen LogP contribution < -0.4 is 5.73 Å². The fraction of sp³-hybridized carbons (Fsp3) is 0.300. The molecule has 0 saturated heterocycles. The SMILES string of the molecule is NCCCc1cc2ncc(Br)cc2[nH]1. The van der Waals surface area contributed by atoms with E-state index in [2.05, 4.69) is 32.0 Å². The monoisotopic (exact) mass is 253 g/mol. The molecule has 14 heavy (non-hydrogen) atoms. The molecule has 2 aromatic heterocycles. The van der Waals surface area contributed by atoms with Crippen LogP contribution in [0.4, 0.5) is 0 Å². The lowest BCUT2D eigenvalue weighted by molar-refractivity contribution is 0.818. The normalized spacial score (nSPS) is 11.0. The van der Waals surface area contributed by atoms with Crippen molar-refractivity contribution in [2.75, 3.05) is 6.54 Å². The second kappa shape index (κ2) is 4.11. The number of fused-ring (bicyclic) bond motifs is 1. The zero-order valence-electron chi connectivity index (χ0n) is 7.76. The smallest absolute Gasteiger partial charge is 0.0882 e. The first-order chi connectivity index (χ1) is 6.79. The van der Waals surface area contributed by atoms with Crippen molar-refractivity contribution in [3.63, 3.8) is 0 Å². The van der Waals surface area contributed by atoms with Gasteiger partial charge in [0.25, 0.3) is 0 Å². The van der Waals surface area contributed by atoms with E-state index in [1.165, 1.54) is 5.69 Å². The number of aryl methyl sites for hydroxylation is 1. The van der Waals surface area contributed by atoms with Gasteiger partial charge in [-0.1, -0.05) is 0 Å². The zero-order valence-corrected chi connectivity index (χ0v) is 9.34. The fourth-order valence-electron chi connectivity index (χ4n) is 1.47. The van der Waals surface area contributed by atoms with E-state index in [1.54, 1.807) is 0 Å². The third kappa shape index (κ3) is 1.96. The molecule has 2 heterocycles. The summed E-state index contributed by atoms with van der Waals surface area (Å²) in [7, 11) is 0. The molecule has 0 amide bonds. The standard InChI is InChI=1S/C10H12BrN3/c11-7-4-10-9(13-6-7)5-8(14-10)2-1-3-12/h4-6,14H,1-3,12H2. The second-order valence-corrected chi connectivity index (χ2v) is 4.19. The summed E-state index contributed by atoms with van der Waals surface area (Å²) in [6, 6.07) is 4.12. The van der Waals surface area contributed by atoms with E-state index in [9.17, 15) is 0 Å². The quantitative estimate of drug-likeness (QED) is 0.882. The number of nitrogens with zero attached hydrogens (tertiary/aromatic N) is 1. The van der Waals surface area contributed by atoms with Crippen LogP contribution in [0.2, 0.25) is 0 Å². The predicted octanol–water partition coefficient (Wildman–Crippen LogP) is 2.22. The molecule has 0 bridgehead atoms. The van der Waals surface area contributed by atoms with E-state index in [-0.39, 0.29) is 0 Å². The summed E-state index contributed by atoms with van der Waals surface area (Å²) in [5.41, 5.74) is 8.75. The Labute approximate surface area is 90.8 Å². The number of aromatic amines is 1. The van der Waals surface area contributed by atoms with Gasteiger partial charge in [0.05, 0.1) is 11.0 Å². The Bertz CT molecular complexity index is 436. The van der Waals surface area contributed by atoms with Gasteiger partial charge >= 0.3 is 0 Å². The number of nitrogens with one attached hydrogen (secondary N) is 1. The van der Waals surface area contributed by atoms with Gasteiger partial charge in [0.15, 0.2) is 0 Å². The van der Waals surface area contributed by atoms with Crippen LogP contribution in [0.1, 0.15) is 12.1 Å². The van der Waals surface area contributed by atoms with Crippen molar-refractivity contribution in [2.24, 2.45) is 5.73 Å². The maximum atomic E-state index is 5.46. The van der Waals surface area contributed by atoms with Gasteiger partial charge in [-0.25, -0.2) is 0 Å². The maximum Gasteiger partial charge on any atom is 0.0882 e. The first kappa shape index (κ1) is 9.68. The van der Waals surface area contributed by atoms with Crippen LogP contribution in [0.3, 0.4) is 0 Å². The summed E-state index contributed by atoms with van der Waals surface area (Å²) in [6.45, 7) is 0.729. The van der Waals surface area contributed by atoms with Gasteiger partial charge in [-0.2, -0.15) is 0 Å². The number of H-pyrrole nitrogens is 1. The summed E-state index contributed by atoms with van der Waals surface area (Å²) in [5, 5.41) is 0. The number of hydrogen-bond donors (Lipinski definition) is 2. The molecule has 2 rings (SSSR count). The minimum absolute atomic E-state index is 0.729. The molecule has 0 spiro atoms. The maximum absolute atomic E-state index is 5.46. The first-order valence-corrected chi connectivity index (χ1v) is 5.42. The molecule has 3 N–H and O–H groups in total. The van der Waals surface area contributed by atoms with Crippen molar-refractivity contribution >= 4 is 27.0 Å². The highest BCUT2D eigenvalue weighted by Crippen LogP contribution is 2.18. The highest BCUT2D eigenvalue weighted by molar-refractivity contribution is 9.10. The van der Waals surface area contributed by atoms with Crippen LogP contribution in [0, 0.1) is 0 Å². The number of hydrogen-bond acceptors (Lipinski definition) is 2. The Morgan fingerprint density at radius 1 is 1.43 bits per heavy atom. The molecule has 0 saturated carbocycles. The average Bonchev–Trinajstić information content (AvgIpc) is 2.56. The molecule has 0 aliphatic heterocycles. The minimum atomic E-state index is 0.729. The third-order valence-corrected chi connectivity index (χ3v) is 2.58. The molecular weight excluding hydrogens is 242 g/mol. The van der Waals surface area contributed by atoms with Crippen LogP contribution in [0.15, 0.2) is 22.8 Å². The summed E-state index contributed by atoms with van der Waals surface area (Å²) < 4.78 is 0.997. The third-order valence-electron chi connectivity index (χ3n) is 2.14. The van der Waals surface area contributed by atoms with Crippen molar-refractivity contribution in [1.82, 2.24) is 9.97 Å². The van der Waals surface area contributed by atoms with E-state index in [0.29, 0.717) is 0 Å². The zero-order chi connectivity index (χ0) is 9.97. The molecule has 0 fully saturated rings. The van der Waals surface area contributed by atoms with Gasteiger partial charge in [0, 0.05) is 16.4 Å². The van der Waals surface area contributed by atoms with Crippen LogP contribution >= 0.6 is 15.9 Å². The van der Waals surface area contributed by atoms with Crippen molar-refractivity contribution in [3.05, 3.63) is 28.5 Å². The number of aromatic nitrogens is 2. The van der Waals surface area contributed by atoms with E-state index in [0.717, 1.165) is 34.9 Å². The van der Waals surface area contributed by atoms with Crippen molar-refractivity contribution in [2.45, 2.75) is 12.8 Å². The summed E-state index contributed by atoms with van der Waals surface area (Å²) in [5.74, 6) is 0. The molecule has 0 unspecified atom stereocenters. The highest BCUT2D eigenvalue weighted by Gasteiger charge is 2.01. The van der Waals surface area contributed by atoms with E-state index in [1.807, 2.05) is 12.3 Å². The molecule has 0 radical (unpaired) electrons. The molecule has 0 atom stereocenters. The Hall–Kier alpha value is -0.870. The molecule has 0 aliphatic rings. The summed E-state index contributed by atoms with van der Waals surface area (Å²) in [4.78, 5) is 7.62. The van der Waals surface area contributed by atoms with Gasteiger partial charge in [-0.15, -0.1) is 0 Å². The van der Waals surface area contributed by atoms with Gasteiger partial charge < -0.3 is 10.7 Å². The van der Waals surface area contributed by atoms with Gasteiger partial charge in [0.2, 0.25) is 0 Å². The second-order valence-electron chi connectivity index (χ2n) is 3.27. The number of rotatable bonds is 3. The molecule has 3 nitrogen and oxygen atoms in total. The minimum Gasteiger partial charge on any atom is -0.357 e.